The molecule has 0 aromatic rings. The van der Waals surface area contributed by atoms with Gasteiger partial charge < -0.3 is 15.6 Å². The lowest BCUT2D eigenvalue weighted by Crippen LogP contribution is -2.43. The first-order valence-electron chi connectivity index (χ1n) is 7.72. The van der Waals surface area contributed by atoms with Gasteiger partial charge in [-0.25, -0.2) is 0 Å². The second-order valence-corrected chi connectivity index (χ2v) is 6.81. The number of carbonyl (C=O) groups is 1. The number of carboxylic acids is 1. The van der Waals surface area contributed by atoms with Gasteiger partial charge in [-0.1, -0.05) is 12.8 Å². The molecule has 3 rings (SSSR count). The first-order chi connectivity index (χ1) is 9.10. The fraction of sp³-hybridized carbons (Fsp3) is 0.933. The van der Waals surface area contributed by atoms with Crippen molar-refractivity contribution in [2.75, 3.05) is 6.54 Å². The van der Waals surface area contributed by atoms with Crippen LogP contribution in [0.1, 0.15) is 57.8 Å². The van der Waals surface area contributed by atoms with E-state index in [9.17, 15) is 9.90 Å². The van der Waals surface area contributed by atoms with Crippen molar-refractivity contribution in [2.45, 2.75) is 69.5 Å². The van der Waals surface area contributed by atoms with E-state index in [1.54, 1.807) is 0 Å². The highest BCUT2D eigenvalue weighted by Crippen LogP contribution is 2.51. The summed E-state index contributed by atoms with van der Waals surface area (Å²) in [6.07, 6.45) is 9.73. The van der Waals surface area contributed by atoms with Crippen molar-refractivity contribution < 1.29 is 14.6 Å². The number of hydrogen-bond acceptors (Lipinski definition) is 3. The van der Waals surface area contributed by atoms with Gasteiger partial charge in [-0.3, -0.25) is 4.79 Å². The Morgan fingerprint density at radius 2 is 1.95 bits per heavy atom. The van der Waals surface area contributed by atoms with E-state index >= 15 is 0 Å². The van der Waals surface area contributed by atoms with Gasteiger partial charge in [0.1, 0.15) is 0 Å². The Hall–Kier alpha value is -0.610. The summed E-state index contributed by atoms with van der Waals surface area (Å²) in [7, 11) is 0. The van der Waals surface area contributed by atoms with Gasteiger partial charge >= 0.3 is 5.97 Å². The van der Waals surface area contributed by atoms with Crippen molar-refractivity contribution in [3.05, 3.63) is 0 Å². The summed E-state index contributed by atoms with van der Waals surface area (Å²) in [6.45, 7) is 0.250. The molecule has 1 spiro atoms. The van der Waals surface area contributed by atoms with E-state index in [0.717, 1.165) is 38.5 Å². The first-order valence-corrected chi connectivity index (χ1v) is 7.72. The van der Waals surface area contributed by atoms with E-state index in [2.05, 4.69) is 0 Å². The highest BCUT2D eigenvalue weighted by Gasteiger charge is 2.53. The second-order valence-electron chi connectivity index (χ2n) is 6.81. The highest BCUT2D eigenvalue weighted by atomic mass is 16.5. The normalized spacial score (nSPS) is 32.6. The molecule has 0 radical (unpaired) electrons. The van der Waals surface area contributed by atoms with E-state index in [4.69, 9.17) is 10.5 Å². The number of ether oxygens (including phenoxy) is 1. The lowest BCUT2D eigenvalue weighted by atomic mass is 9.77. The monoisotopic (exact) mass is 267 g/mol. The fourth-order valence-corrected chi connectivity index (χ4v) is 4.23. The molecule has 2 atom stereocenters. The Balaban J connectivity index is 1.68. The van der Waals surface area contributed by atoms with E-state index in [-0.39, 0.29) is 24.2 Å². The zero-order valence-corrected chi connectivity index (χ0v) is 11.6. The van der Waals surface area contributed by atoms with Crippen LogP contribution in [-0.2, 0) is 9.53 Å². The van der Waals surface area contributed by atoms with Crippen LogP contribution in [0.3, 0.4) is 0 Å². The molecule has 2 aliphatic carbocycles. The number of aliphatic carboxylic acids is 1. The van der Waals surface area contributed by atoms with Gasteiger partial charge in [-0.15, -0.1) is 0 Å². The predicted octanol–water partition coefficient (Wildman–Crippen LogP) is 2.31. The molecule has 3 aliphatic rings. The summed E-state index contributed by atoms with van der Waals surface area (Å²) in [4.78, 5) is 11.7. The molecule has 1 aliphatic heterocycles. The van der Waals surface area contributed by atoms with Crippen LogP contribution in [0.25, 0.3) is 0 Å². The summed E-state index contributed by atoms with van der Waals surface area (Å²) in [5, 5.41) is 9.62. The van der Waals surface area contributed by atoms with Gasteiger partial charge in [0.15, 0.2) is 0 Å². The zero-order chi connectivity index (χ0) is 13.5. The number of nitrogens with two attached hydrogens (primary N) is 1. The van der Waals surface area contributed by atoms with E-state index in [0.29, 0.717) is 6.42 Å². The predicted molar refractivity (Wildman–Crippen MR) is 71.8 cm³/mol. The van der Waals surface area contributed by atoms with Crippen molar-refractivity contribution in [1.29, 1.82) is 0 Å². The van der Waals surface area contributed by atoms with Crippen molar-refractivity contribution >= 4 is 5.97 Å². The lowest BCUT2D eigenvalue weighted by Gasteiger charge is -2.32. The minimum absolute atomic E-state index is 0.0903. The first kappa shape index (κ1) is 13.4. The molecule has 0 aromatic heterocycles. The van der Waals surface area contributed by atoms with E-state index in [1.807, 2.05) is 0 Å². The molecule has 19 heavy (non-hydrogen) atoms. The molecular formula is C15H25NO3. The van der Waals surface area contributed by atoms with E-state index in [1.165, 1.54) is 12.8 Å². The van der Waals surface area contributed by atoms with E-state index < -0.39 is 11.4 Å². The van der Waals surface area contributed by atoms with Gasteiger partial charge in [-0.05, 0) is 50.9 Å². The Morgan fingerprint density at radius 3 is 2.47 bits per heavy atom. The molecule has 3 fully saturated rings. The Labute approximate surface area is 114 Å². The van der Waals surface area contributed by atoms with Gasteiger partial charge in [0.05, 0.1) is 17.1 Å². The average molecular weight is 267 g/mol. The molecule has 108 valence electrons. The third-order valence-electron chi connectivity index (χ3n) is 5.59. The molecule has 2 saturated carbocycles. The van der Waals surface area contributed by atoms with Crippen LogP contribution in [0.2, 0.25) is 0 Å². The van der Waals surface area contributed by atoms with Crippen LogP contribution in [0.4, 0.5) is 0 Å². The Bertz CT molecular complexity index is 360. The zero-order valence-electron chi connectivity index (χ0n) is 11.6. The van der Waals surface area contributed by atoms with Crippen LogP contribution >= 0.6 is 0 Å². The fourth-order valence-electron chi connectivity index (χ4n) is 4.23. The molecule has 4 nitrogen and oxygen atoms in total. The van der Waals surface area contributed by atoms with Crippen molar-refractivity contribution in [2.24, 2.45) is 17.1 Å². The standard InChI is InChI=1S/C15H25NO3/c16-10-15(13(17)18,11-3-4-11)9-12-5-8-14(19-12)6-1-2-7-14/h11-12H,1-10,16H2,(H,17,18). The smallest absolute Gasteiger partial charge is 0.311 e. The molecule has 0 bridgehead atoms. The topological polar surface area (TPSA) is 72.5 Å². The molecule has 3 N–H and O–H groups in total. The third-order valence-corrected chi connectivity index (χ3v) is 5.59. The summed E-state index contributed by atoms with van der Waals surface area (Å²) in [5.74, 6) is -0.438. The summed E-state index contributed by atoms with van der Waals surface area (Å²) in [5.41, 5.74) is 5.20. The molecule has 0 amide bonds. The van der Waals surface area contributed by atoms with Gasteiger partial charge in [0.2, 0.25) is 0 Å². The second kappa shape index (κ2) is 4.74. The van der Waals surface area contributed by atoms with Crippen molar-refractivity contribution in [3.63, 3.8) is 0 Å². The highest BCUT2D eigenvalue weighted by molar-refractivity contribution is 5.76. The molecule has 0 aromatic carbocycles. The van der Waals surface area contributed by atoms with Crippen LogP contribution < -0.4 is 5.73 Å². The maximum absolute atomic E-state index is 11.7. The largest absolute Gasteiger partial charge is 0.481 e. The minimum atomic E-state index is -0.727. The molecule has 4 heteroatoms. The molecular weight excluding hydrogens is 242 g/mol. The SMILES string of the molecule is NCC(CC1CCC2(CCCC2)O1)(C(=O)O)C1CC1. The number of rotatable bonds is 5. The average Bonchev–Trinajstić information content (AvgIpc) is 3.03. The number of carboxylic acid groups (broad SMARTS) is 1. The van der Waals surface area contributed by atoms with Gasteiger partial charge in [0.25, 0.3) is 0 Å². The van der Waals surface area contributed by atoms with Crippen LogP contribution in [0.15, 0.2) is 0 Å². The maximum atomic E-state index is 11.7. The van der Waals surface area contributed by atoms with Gasteiger partial charge in [-0.2, -0.15) is 0 Å². The molecule has 1 heterocycles. The molecule has 1 saturated heterocycles. The summed E-state index contributed by atoms with van der Waals surface area (Å²) >= 11 is 0. The maximum Gasteiger partial charge on any atom is 0.311 e. The van der Waals surface area contributed by atoms with Crippen LogP contribution in [-0.4, -0.2) is 29.3 Å². The lowest BCUT2D eigenvalue weighted by molar-refractivity contribution is -0.153. The summed E-state index contributed by atoms with van der Waals surface area (Å²) in [6, 6.07) is 0. The Kier molecular flexibility index (Phi) is 3.34. The van der Waals surface area contributed by atoms with Crippen molar-refractivity contribution in [3.8, 4) is 0 Å². The summed E-state index contributed by atoms with van der Waals surface area (Å²) < 4.78 is 6.28. The third kappa shape index (κ3) is 2.29. The van der Waals surface area contributed by atoms with Gasteiger partial charge in [0, 0.05) is 6.54 Å². The minimum Gasteiger partial charge on any atom is -0.481 e. The van der Waals surface area contributed by atoms with Crippen LogP contribution in [0, 0.1) is 11.3 Å². The molecule has 2 unspecified atom stereocenters. The van der Waals surface area contributed by atoms with Crippen molar-refractivity contribution in [1.82, 2.24) is 0 Å². The number of hydrogen-bond donors (Lipinski definition) is 2. The quantitative estimate of drug-likeness (QED) is 0.801. The van der Waals surface area contributed by atoms with Crippen LogP contribution in [0.5, 0.6) is 0 Å². The Morgan fingerprint density at radius 1 is 1.26 bits per heavy atom.